The second-order valence-electron chi connectivity index (χ2n) is 5.14. The number of carbonyl (C=O) groups is 1. The summed E-state index contributed by atoms with van der Waals surface area (Å²) in [5, 5.41) is 0. The number of nitrogens with one attached hydrogen (secondary N) is 1. The zero-order valence-electron chi connectivity index (χ0n) is 12.6. The highest BCUT2D eigenvalue weighted by atomic mass is 32.2. The summed E-state index contributed by atoms with van der Waals surface area (Å²) in [6.45, 7) is 5.06. The Labute approximate surface area is 130 Å². The minimum Gasteiger partial charge on any atom is -0.491 e. The maximum atomic E-state index is 12.1. The Kier molecular flexibility index (Phi) is 5.25. The summed E-state index contributed by atoms with van der Waals surface area (Å²) >= 11 is 0. The van der Waals surface area contributed by atoms with Crippen LogP contribution in [0.4, 0.5) is 4.79 Å². The van der Waals surface area contributed by atoms with Crippen LogP contribution in [0.25, 0.3) is 0 Å². The van der Waals surface area contributed by atoms with Gasteiger partial charge in [-0.05, 0) is 38.1 Å². The number of carbonyl (C=O) groups excluding carboxylic acids is 1. The Morgan fingerprint density at radius 2 is 2.00 bits per heavy atom. The Hall–Kier alpha value is -1.80. The molecule has 1 aliphatic rings. The maximum Gasteiger partial charge on any atom is 0.409 e. The molecule has 0 aliphatic carbocycles. The van der Waals surface area contributed by atoms with Crippen LogP contribution in [0.1, 0.15) is 13.8 Å². The maximum absolute atomic E-state index is 12.1. The molecule has 122 valence electrons. The van der Waals surface area contributed by atoms with Crippen molar-refractivity contribution in [3.8, 4) is 5.75 Å². The van der Waals surface area contributed by atoms with E-state index in [9.17, 15) is 13.2 Å². The first-order valence-corrected chi connectivity index (χ1v) is 8.55. The topological polar surface area (TPSA) is 84.9 Å². The smallest absolute Gasteiger partial charge is 0.409 e. The van der Waals surface area contributed by atoms with E-state index >= 15 is 0 Å². The minimum atomic E-state index is -3.60. The molecule has 1 amide bonds. The van der Waals surface area contributed by atoms with Gasteiger partial charge in [0.05, 0.1) is 17.5 Å². The number of hydrogen-bond donors (Lipinski definition) is 1. The van der Waals surface area contributed by atoms with Crippen molar-refractivity contribution >= 4 is 16.1 Å². The summed E-state index contributed by atoms with van der Waals surface area (Å²) in [6, 6.07) is 6.22. The van der Waals surface area contributed by atoms with E-state index < -0.39 is 16.1 Å². The van der Waals surface area contributed by atoms with Crippen molar-refractivity contribution in [3.63, 3.8) is 0 Å². The molecule has 1 N–H and O–H groups in total. The Balaban J connectivity index is 1.90. The lowest BCUT2D eigenvalue weighted by molar-refractivity contribution is 0.159. The minimum absolute atomic E-state index is 0.0285. The molecule has 1 aromatic rings. The van der Waals surface area contributed by atoms with Crippen molar-refractivity contribution in [2.45, 2.75) is 24.8 Å². The second kappa shape index (κ2) is 6.97. The molecule has 0 saturated carbocycles. The van der Waals surface area contributed by atoms with Gasteiger partial charge in [-0.2, -0.15) is 0 Å². The van der Waals surface area contributed by atoms with E-state index in [1.165, 1.54) is 17.0 Å². The van der Waals surface area contributed by atoms with Gasteiger partial charge in [0.15, 0.2) is 0 Å². The number of sulfonamides is 1. The van der Waals surface area contributed by atoms with Gasteiger partial charge in [-0.15, -0.1) is 0 Å². The zero-order valence-corrected chi connectivity index (χ0v) is 13.4. The van der Waals surface area contributed by atoms with Crippen LogP contribution in [0.5, 0.6) is 5.75 Å². The third-order valence-corrected chi connectivity index (χ3v) is 4.50. The fourth-order valence-corrected chi connectivity index (χ4v) is 3.02. The van der Waals surface area contributed by atoms with Crippen LogP contribution in [0.2, 0.25) is 0 Å². The molecule has 0 aromatic heterocycles. The lowest BCUT2D eigenvalue weighted by Crippen LogP contribution is -2.35. The lowest BCUT2D eigenvalue weighted by atomic mass is 10.3. The van der Waals surface area contributed by atoms with E-state index in [4.69, 9.17) is 9.47 Å². The first kappa shape index (κ1) is 16.6. The number of ether oxygens (including phenoxy) is 2. The zero-order chi connectivity index (χ0) is 16.2. The van der Waals surface area contributed by atoms with Gasteiger partial charge in [-0.1, -0.05) is 0 Å². The summed E-state index contributed by atoms with van der Waals surface area (Å²) in [6.07, 6.45) is -0.379. The highest BCUT2D eigenvalue weighted by Crippen LogP contribution is 2.17. The summed E-state index contributed by atoms with van der Waals surface area (Å²) in [4.78, 5) is 12.9. The standard InChI is InChI=1S/C14H20N2O5S/c1-11(2)21-12-3-5-13(6-4-12)22(18,19)15-7-8-16-9-10-20-14(16)17/h3-6,11,15H,7-10H2,1-2H3. The van der Waals surface area contributed by atoms with Crippen molar-refractivity contribution < 1.29 is 22.7 Å². The molecule has 0 unspecified atom stereocenters. The number of hydrogen-bond acceptors (Lipinski definition) is 5. The molecular weight excluding hydrogens is 308 g/mol. The van der Waals surface area contributed by atoms with Gasteiger partial charge in [-0.25, -0.2) is 17.9 Å². The van der Waals surface area contributed by atoms with Gasteiger partial charge in [0.1, 0.15) is 12.4 Å². The van der Waals surface area contributed by atoms with Crippen LogP contribution in [-0.4, -0.2) is 51.8 Å². The molecule has 2 rings (SSSR count). The normalized spacial score (nSPS) is 15.2. The number of benzene rings is 1. The molecule has 0 radical (unpaired) electrons. The predicted octanol–water partition coefficient (Wildman–Crippen LogP) is 1.20. The first-order valence-electron chi connectivity index (χ1n) is 7.06. The van der Waals surface area contributed by atoms with Gasteiger partial charge in [0.25, 0.3) is 0 Å². The largest absolute Gasteiger partial charge is 0.491 e. The number of rotatable bonds is 7. The Bertz CT molecular complexity index is 613. The Morgan fingerprint density at radius 3 is 2.55 bits per heavy atom. The van der Waals surface area contributed by atoms with E-state index in [0.717, 1.165) is 0 Å². The van der Waals surface area contributed by atoms with Crippen molar-refractivity contribution in [2.75, 3.05) is 26.2 Å². The van der Waals surface area contributed by atoms with E-state index in [-0.39, 0.29) is 24.1 Å². The van der Waals surface area contributed by atoms with Gasteiger partial charge >= 0.3 is 6.09 Å². The Morgan fingerprint density at radius 1 is 1.32 bits per heavy atom. The van der Waals surface area contributed by atoms with Crippen molar-refractivity contribution in [2.24, 2.45) is 0 Å². The molecule has 7 nitrogen and oxygen atoms in total. The number of nitrogens with zero attached hydrogens (tertiary/aromatic N) is 1. The predicted molar refractivity (Wildman–Crippen MR) is 80.3 cm³/mol. The van der Waals surface area contributed by atoms with E-state index in [0.29, 0.717) is 18.9 Å². The van der Waals surface area contributed by atoms with Gasteiger partial charge in [0, 0.05) is 13.1 Å². The van der Waals surface area contributed by atoms with Crippen molar-refractivity contribution in [1.82, 2.24) is 9.62 Å². The third kappa shape index (κ3) is 4.35. The molecule has 22 heavy (non-hydrogen) atoms. The average molecular weight is 328 g/mol. The van der Waals surface area contributed by atoms with Gasteiger partial charge < -0.3 is 14.4 Å². The molecule has 1 aliphatic heterocycles. The van der Waals surface area contributed by atoms with Crippen molar-refractivity contribution in [3.05, 3.63) is 24.3 Å². The molecule has 1 heterocycles. The molecule has 0 spiro atoms. The summed E-state index contributed by atoms with van der Waals surface area (Å²) in [5.74, 6) is 0.619. The monoisotopic (exact) mass is 328 g/mol. The first-order chi connectivity index (χ1) is 10.4. The van der Waals surface area contributed by atoms with Crippen LogP contribution < -0.4 is 9.46 Å². The molecule has 1 fully saturated rings. The molecule has 8 heteroatoms. The van der Waals surface area contributed by atoms with Crippen LogP contribution in [0.15, 0.2) is 29.2 Å². The SMILES string of the molecule is CC(C)Oc1ccc(S(=O)(=O)NCCN2CCOC2=O)cc1. The van der Waals surface area contributed by atoms with E-state index in [2.05, 4.69) is 4.72 Å². The van der Waals surface area contributed by atoms with E-state index in [1.54, 1.807) is 12.1 Å². The molecular formula is C14H20N2O5S. The van der Waals surface area contributed by atoms with Crippen LogP contribution in [0.3, 0.4) is 0 Å². The van der Waals surface area contributed by atoms with Gasteiger partial charge in [0.2, 0.25) is 10.0 Å². The molecule has 0 atom stereocenters. The van der Waals surface area contributed by atoms with Crippen LogP contribution >= 0.6 is 0 Å². The third-order valence-electron chi connectivity index (χ3n) is 3.02. The summed E-state index contributed by atoms with van der Waals surface area (Å²) < 4.78 is 37.0. The molecule has 1 aromatic carbocycles. The quantitative estimate of drug-likeness (QED) is 0.813. The summed E-state index contributed by atoms with van der Waals surface area (Å²) in [5.41, 5.74) is 0. The number of amides is 1. The lowest BCUT2D eigenvalue weighted by Gasteiger charge is -2.13. The van der Waals surface area contributed by atoms with E-state index in [1.807, 2.05) is 13.8 Å². The second-order valence-corrected chi connectivity index (χ2v) is 6.90. The fraction of sp³-hybridized carbons (Fsp3) is 0.500. The highest BCUT2D eigenvalue weighted by molar-refractivity contribution is 7.89. The number of cyclic esters (lactones) is 1. The fourth-order valence-electron chi connectivity index (χ4n) is 2.00. The molecule has 0 bridgehead atoms. The van der Waals surface area contributed by atoms with Gasteiger partial charge in [-0.3, -0.25) is 0 Å². The van der Waals surface area contributed by atoms with Crippen molar-refractivity contribution in [1.29, 1.82) is 0 Å². The summed E-state index contributed by atoms with van der Waals surface area (Å²) in [7, 11) is -3.60. The van der Waals surface area contributed by atoms with Crippen LogP contribution in [-0.2, 0) is 14.8 Å². The molecule has 1 saturated heterocycles. The van der Waals surface area contributed by atoms with Crippen LogP contribution in [0, 0.1) is 0 Å². The highest BCUT2D eigenvalue weighted by Gasteiger charge is 2.22. The average Bonchev–Trinajstić information content (AvgIpc) is 2.84.